The van der Waals surface area contributed by atoms with Crippen LogP contribution in [0, 0.1) is 23.1 Å². The van der Waals surface area contributed by atoms with E-state index in [0.29, 0.717) is 42.9 Å². The molecule has 3 aromatic rings. The number of carbonyl (C=O) groups is 1. The van der Waals surface area contributed by atoms with E-state index in [0.717, 1.165) is 16.6 Å². The Morgan fingerprint density at radius 3 is 2.77 bits per heavy atom. The van der Waals surface area contributed by atoms with Gasteiger partial charge in [0.05, 0.1) is 23.9 Å². The van der Waals surface area contributed by atoms with Gasteiger partial charge in [0.25, 0.3) is 0 Å². The highest BCUT2D eigenvalue weighted by molar-refractivity contribution is 5.96. The van der Waals surface area contributed by atoms with Crippen LogP contribution in [0.5, 0.6) is 5.75 Å². The standard InChI is InChI=1S/C23H21FN4O2/c1-30-19-5-6-21-20(12-19)22(16(13-25)14-26-21)28-9-7-15(8-10-28)23(29)27-18-4-2-3-17(24)11-18/h2-6,11-12,14-15H,7-10H2,1H3,(H,27,29). The summed E-state index contributed by atoms with van der Waals surface area (Å²) in [5.74, 6) is 0.0383. The van der Waals surface area contributed by atoms with Crippen LogP contribution in [0.15, 0.2) is 48.7 Å². The second kappa shape index (κ2) is 8.37. The van der Waals surface area contributed by atoms with Gasteiger partial charge in [0.1, 0.15) is 17.6 Å². The number of halogens is 1. The van der Waals surface area contributed by atoms with Gasteiger partial charge >= 0.3 is 0 Å². The average molecular weight is 404 g/mol. The van der Waals surface area contributed by atoms with Crippen LogP contribution in [-0.2, 0) is 4.79 Å². The number of ether oxygens (including phenoxy) is 1. The van der Waals surface area contributed by atoms with E-state index < -0.39 is 0 Å². The summed E-state index contributed by atoms with van der Waals surface area (Å²) < 4.78 is 18.7. The second-order valence-electron chi connectivity index (χ2n) is 7.28. The molecule has 1 aliphatic heterocycles. The van der Waals surface area contributed by atoms with Crippen molar-refractivity contribution in [3.63, 3.8) is 0 Å². The summed E-state index contributed by atoms with van der Waals surface area (Å²) in [6.45, 7) is 1.26. The summed E-state index contributed by atoms with van der Waals surface area (Å²) in [6.07, 6.45) is 2.87. The van der Waals surface area contributed by atoms with E-state index in [1.54, 1.807) is 25.4 Å². The van der Waals surface area contributed by atoms with Crippen molar-refractivity contribution in [1.82, 2.24) is 4.98 Å². The Hall–Kier alpha value is -3.66. The SMILES string of the molecule is COc1ccc2ncc(C#N)c(N3CCC(C(=O)Nc4cccc(F)c4)CC3)c2c1. The Morgan fingerprint density at radius 2 is 2.07 bits per heavy atom. The van der Waals surface area contributed by atoms with Crippen LogP contribution >= 0.6 is 0 Å². The number of hydrogen-bond donors (Lipinski definition) is 1. The molecule has 0 spiro atoms. The third-order valence-electron chi connectivity index (χ3n) is 5.44. The lowest BCUT2D eigenvalue weighted by Crippen LogP contribution is -2.38. The first-order chi connectivity index (χ1) is 14.6. The molecular formula is C23H21FN4O2. The number of anilines is 2. The first-order valence-corrected chi connectivity index (χ1v) is 9.77. The van der Waals surface area contributed by atoms with Crippen LogP contribution in [0.2, 0.25) is 0 Å². The zero-order valence-electron chi connectivity index (χ0n) is 16.6. The number of amides is 1. The van der Waals surface area contributed by atoms with Gasteiger partial charge in [-0.3, -0.25) is 9.78 Å². The largest absolute Gasteiger partial charge is 0.497 e. The highest BCUT2D eigenvalue weighted by Gasteiger charge is 2.27. The third kappa shape index (κ3) is 3.90. The van der Waals surface area contributed by atoms with Gasteiger partial charge in [-0.2, -0.15) is 5.26 Å². The molecule has 4 rings (SSSR count). The quantitative estimate of drug-likeness (QED) is 0.708. The van der Waals surface area contributed by atoms with Gasteiger partial charge in [0.15, 0.2) is 0 Å². The molecule has 152 valence electrons. The Morgan fingerprint density at radius 1 is 1.27 bits per heavy atom. The normalized spacial score (nSPS) is 14.4. The number of piperidine rings is 1. The molecule has 1 saturated heterocycles. The van der Waals surface area contributed by atoms with Crippen molar-refractivity contribution in [1.29, 1.82) is 5.26 Å². The summed E-state index contributed by atoms with van der Waals surface area (Å²) >= 11 is 0. The first kappa shape index (κ1) is 19.6. The van der Waals surface area contributed by atoms with E-state index in [9.17, 15) is 14.4 Å². The number of nitrogens with zero attached hydrogens (tertiary/aromatic N) is 3. The summed E-state index contributed by atoms with van der Waals surface area (Å²) in [5.41, 5.74) is 2.57. The highest BCUT2D eigenvalue weighted by atomic mass is 19.1. The smallest absolute Gasteiger partial charge is 0.227 e. The van der Waals surface area contributed by atoms with Crippen molar-refractivity contribution in [3.05, 3.63) is 60.0 Å². The maximum atomic E-state index is 13.4. The van der Waals surface area contributed by atoms with Crippen LogP contribution in [-0.4, -0.2) is 31.1 Å². The number of nitrogens with one attached hydrogen (secondary N) is 1. The van der Waals surface area contributed by atoms with Gasteiger partial charge in [0, 0.05) is 36.3 Å². The number of benzene rings is 2. The summed E-state index contributed by atoms with van der Waals surface area (Å²) in [5, 5.41) is 13.3. The number of carbonyl (C=O) groups excluding carboxylic acids is 1. The molecule has 0 bridgehead atoms. The Labute approximate surface area is 173 Å². The van der Waals surface area contributed by atoms with E-state index in [4.69, 9.17) is 4.74 Å². The van der Waals surface area contributed by atoms with Crippen LogP contribution in [0.3, 0.4) is 0 Å². The number of fused-ring (bicyclic) bond motifs is 1. The minimum absolute atomic E-state index is 0.109. The van der Waals surface area contributed by atoms with Crippen molar-refractivity contribution in [2.45, 2.75) is 12.8 Å². The fourth-order valence-corrected chi connectivity index (χ4v) is 3.88. The fraction of sp³-hybridized carbons (Fsp3) is 0.261. The summed E-state index contributed by atoms with van der Waals surface area (Å²) in [4.78, 5) is 19.1. The van der Waals surface area contributed by atoms with Crippen LogP contribution in [0.4, 0.5) is 15.8 Å². The molecule has 1 aromatic heterocycles. The van der Waals surface area contributed by atoms with Crippen LogP contribution in [0.1, 0.15) is 18.4 Å². The molecule has 1 aliphatic rings. The average Bonchev–Trinajstić information content (AvgIpc) is 2.78. The van der Waals surface area contributed by atoms with E-state index in [1.807, 2.05) is 18.2 Å². The molecule has 0 radical (unpaired) electrons. The van der Waals surface area contributed by atoms with Crippen molar-refractivity contribution in [3.8, 4) is 11.8 Å². The van der Waals surface area contributed by atoms with Gasteiger partial charge in [0.2, 0.25) is 5.91 Å². The van der Waals surface area contributed by atoms with Gasteiger partial charge in [-0.1, -0.05) is 6.07 Å². The molecule has 7 heteroatoms. The number of hydrogen-bond acceptors (Lipinski definition) is 5. The summed E-state index contributed by atoms with van der Waals surface area (Å²) in [7, 11) is 1.60. The second-order valence-corrected chi connectivity index (χ2v) is 7.28. The number of pyridine rings is 1. The van der Waals surface area contributed by atoms with E-state index in [-0.39, 0.29) is 17.6 Å². The molecule has 1 fully saturated rings. The van der Waals surface area contributed by atoms with Crippen LogP contribution in [0.25, 0.3) is 10.9 Å². The molecule has 30 heavy (non-hydrogen) atoms. The Balaban J connectivity index is 1.53. The lowest BCUT2D eigenvalue weighted by Gasteiger charge is -2.34. The van der Waals surface area contributed by atoms with Gasteiger partial charge in [-0.05, 0) is 49.2 Å². The van der Waals surface area contributed by atoms with Gasteiger partial charge < -0.3 is 15.0 Å². The molecule has 2 aromatic carbocycles. The third-order valence-corrected chi connectivity index (χ3v) is 5.44. The van der Waals surface area contributed by atoms with Crippen LogP contribution < -0.4 is 15.0 Å². The van der Waals surface area contributed by atoms with Crippen molar-refractivity contribution in [2.75, 3.05) is 30.4 Å². The molecule has 1 N–H and O–H groups in total. The molecule has 0 atom stereocenters. The predicted octanol–water partition coefficient (Wildman–Crippen LogP) is 4.11. The minimum Gasteiger partial charge on any atom is -0.497 e. The summed E-state index contributed by atoms with van der Waals surface area (Å²) in [6, 6.07) is 13.7. The number of methoxy groups -OCH3 is 1. The number of aromatic nitrogens is 1. The minimum atomic E-state index is -0.383. The molecule has 2 heterocycles. The van der Waals surface area contributed by atoms with Crippen molar-refractivity contribution < 1.29 is 13.9 Å². The Bertz CT molecular complexity index is 1130. The molecule has 0 unspecified atom stereocenters. The van der Waals surface area contributed by atoms with Crippen molar-refractivity contribution in [2.24, 2.45) is 5.92 Å². The number of nitriles is 1. The maximum absolute atomic E-state index is 13.4. The van der Waals surface area contributed by atoms with E-state index >= 15 is 0 Å². The Kier molecular flexibility index (Phi) is 5.48. The van der Waals surface area contributed by atoms with Gasteiger partial charge in [-0.15, -0.1) is 0 Å². The molecular weight excluding hydrogens is 383 g/mol. The topological polar surface area (TPSA) is 78.2 Å². The fourth-order valence-electron chi connectivity index (χ4n) is 3.88. The molecule has 0 saturated carbocycles. The lowest BCUT2D eigenvalue weighted by atomic mass is 9.94. The predicted molar refractivity (Wildman–Crippen MR) is 113 cm³/mol. The number of rotatable bonds is 4. The lowest BCUT2D eigenvalue weighted by molar-refractivity contribution is -0.120. The zero-order chi connectivity index (χ0) is 21.1. The highest BCUT2D eigenvalue weighted by Crippen LogP contribution is 2.34. The van der Waals surface area contributed by atoms with E-state index in [1.165, 1.54) is 12.1 Å². The maximum Gasteiger partial charge on any atom is 0.227 e. The zero-order valence-corrected chi connectivity index (χ0v) is 16.6. The molecule has 0 aliphatic carbocycles. The molecule has 1 amide bonds. The molecule has 6 nitrogen and oxygen atoms in total. The first-order valence-electron chi connectivity index (χ1n) is 9.77. The monoisotopic (exact) mass is 404 g/mol. The van der Waals surface area contributed by atoms with Gasteiger partial charge in [-0.25, -0.2) is 4.39 Å². The van der Waals surface area contributed by atoms with Crippen molar-refractivity contribution >= 4 is 28.2 Å². The van der Waals surface area contributed by atoms with E-state index in [2.05, 4.69) is 21.3 Å².